The van der Waals surface area contributed by atoms with Gasteiger partial charge in [-0.15, -0.1) is 0 Å². The molecule has 0 saturated carbocycles. The summed E-state index contributed by atoms with van der Waals surface area (Å²) in [6, 6.07) is 20.2. The molecule has 3 aromatic rings. The van der Waals surface area contributed by atoms with E-state index < -0.39 is 0 Å². The number of benzene rings is 2. The Kier molecular flexibility index (Phi) is 7.54. The summed E-state index contributed by atoms with van der Waals surface area (Å²) in [6.07, 6.45) is 6.56. The van der Waals surface area contributed by atoms with Crippen LogP contribution in [0.1, 0.15) is 58.4 Å². The number of nitriles is 1. The Morgan fingerprint density at radius 2 is 1.64 bits per heavy atom. The number of nitrogens with one attached hydrogen (secondary N) is 1. The minimum atomic E-state index is -0.181. The molecule has 1 amide bonds. The van der Waals surface area contributed by atoms with Crippen molar-refractivity contribution in [1.82, 2.24) is 4.98 Å². The average molecular weight is 456 g/mol. The van der Waals surface area contributed by atoms with Gasteiger partial charge >= 0.3 is 0 Å². The predicted octanol–water partition coefficient (Wildman–Crippen LogP) is 5.57. The van der Waals surface area contributed by atoms with Crippen LogP contribution in [0.3, 0.4) is 0 Å². The zero-order valence-electron chi connectivity index (χ0n) is 18.3. The van der Waals surface area contributed by atoms with E-state index in [0.717, 1.165) is 31.4 Å². The van der Waals surface area contributed by atoms with Gasteiger partial charge in [0.05, 0.1) is 11.3 Å². The second-order valence-corrected chi connectivity index (χ2v) is 9.05. The Morgan fingerprint density at radius 1 is 0.939 bits per heavy atom. The Labute approximate surface area is 198 Å². The zero-order chi connectivity index (χ0) is 23.0. The highest BCUT2D eigenvalue weighted by atomic mass is 32.2. The number of carbonyl (C=O) groups is 2. The molecule has 5 nitrogen and oxygen atoms in total. The van der Waals surface area contributed by atoms with Gasteiger partial charge in [-0.25, -0.2) is 4.98 Å². The number of amides is 1. The number of aryl methyl sites for hydroxylation is 2. The van der Waals surface area contributed by atoms with E-state index in [1.165, 1.54) is 30.2 Å². The van der Waals surface area contributed by atoms with Crippen LogP contribution in [-0.2, 0) is 17.6 Å². The van der Waals surface area contributed by atoms with E-state index >= 15 is 0 Å². The van der Waals surface area contributed by atoms with Crippen LogP contribution in [0.15, 0.2) is 65.7 Å². The first kappa shape index (κ1) is 22.8. The third-order valence-electron chi connectivity index (χ3n) is 5.69. The fraction of sp³-hybridized carbons (Fsp3) is 0.259. The molecule has 4 rings (SSSR count). The molecule has 1 N–H and O–H groups in total. The van der Waals surface area contributed by atoms with Gasteiger partial charge in [0.2, 0.25) is 5.91 Å². The van der Waals surface area contributed by atoms with Crippen molar-refractivity contribution in [1.29, 1.82) is 5.26 Å². The van der Waals surface area contributed by atoms with Gasteiger partial charge < -0.3 is 5.32 Å². The van der Waals surface area contributed by atoms with E-state index in [1.807, 2.05) is 24.3 Å². The van der Waals surface area contributed by atoms with Gasteiger partial charge in [0.15, 0.2) is 5.78 Å². The van der Waals surface area contributed by atoms with Crippen LogP contribution >= 0.6 is 11.8 Å². The van der Waals surface area contributed by atoms with E-state index in [4.69, 9.17) is 4.98 Å². The van der Waals surface area contributed by atoms with Gasteiger partial charge in [-0.05, 0) is 61.6 Å². The second-order valence-electron chi connectivity index (χ2n) is 8.08. The number of anilines is 1. The molecule has 1 aliphatic rings. The zero-order valence-corrected chi connectivity index (χ0v) is 19.2. The molecule has 0 saturated heterocycles. The number of hydrogen-bond donors (Lipinski definition) is 1. The highest BCUT2D eigenvalue weighted by molar-refractivity contribution is 8.00. The molecule has 0 spiro atoms. The first-order valence-electron chi connectivity index (χ1n) is 11.2. The Hall–Kier alpha value is -3.43. The fourth-order valence-corrected chi connectivity index (χ4v) is 4.73. The van der Waals surface area contributed by atoms with Crippen molar-refractivity contribution in [3.63, 3.8) is 0 Å². The highest BCUT2D eigenvalue weighted by Crippen LogP contribution is 2.27. The van der Waals surface area contributed by atoms with Crippen molar-refractivity contribution < 1.29 is 9.59 Å². The van der Waals surface area contributed by atoms with Gasteiger partial charge in [0.1, 0.15) is 11.1 Å². The van der Waals surface area contributed by atoms with E-state index in [0.29, 0.717) is 27.4 Å². The number of hydrogen-bond acceptors (Lipinski definition) is 5. The minimum absolute atomic E-state index is 0.0574. The SMILES string of the molecule is N#Cc1cc2c(nc1SCC(=O)Nc1ccc(C(=O)c3ccccc3)cc1)CCCCCC2. The lowest BCUT2D eigenvalue weighted by Gasteiger charge is -2.15. The smallest absolute Gasteiger partial charge is 0.234 e. The van der Waals surface area contributed by atoms with Gasteiger partial charge in [0.25, 0.3) is 0 Å². The van der Waals surface area contributed by atoms with Crippen LogP contribution in [-0.4, -0.2) is 22.4 Å². The monoisotopic (exact) mass is 455 g/mol. The van der Waals surface area contributed by atoms with Crippen molar-refractivity contribution in [2.24, 2.45) is 0 Å². The second kappa shape index (κ2) is 10.9. The van der Waals surface area contributed by atoms with Crippen molar-refractivity contribution in [3.8, 4) is 6.07 Å². The average Bonchev–Trinajstić information content (AvgIpc) is 2.84. The maximum atomic E-state index is 12.5. The number of carbonyl (C=O) groups excluding carboxylic acids is 2. The maximum Gasteiger partial charge on any atom is 0.234 e. The highest BCUT2D eigenvalue weighted by Gasteiger charge is 2.15. The number of fused-ring (bicyclic) bond motifs is 1. The van der Waals surface area contributed by atoms with Crippen LogP contribution in [0.5, 0.6) is 0 Å². The molecule has 0 atom stereocenters. The number of aromatic nitrogens is 1. The molecule has 0 bridgehead atoms. The quantitative estimate of drug-likeness (QED) is 0.388. The largest absolute Gasteiger partial charge is 0.325 e. The predicted molar refractivity (Wildman–Crippen MR) is 130 cm³/mol. The van der Waals surface area contributed by atoms with Gasteiger partial charge in [-0.1, -0.05) is 54.9 Å². The first-order chi connectivity index (χ1) is 16.1. The van der Waals surface area contributed by atoms with Gasteiger partial charge in [-0.3, -0.25) is 9.59 Å². The van der Waals surface area contributed by atoms with E-state index in [9.17, 15) is 14.9 Å². The van der Waals surface area contributed by atoms with Crippen LogP contribution in [0, 0.1) is 11.3 Å². The topological polar surface area (TPSA) is 82.8 Å². The molecule has 0 aliphatic heterocycles. The number of ketones is 1. The van der Waals surface area contributed by atoms with Gasteiger partial charge in [-0.2, -0.15) is 5.26 Å². The van der Waals surface area contributed by atoms with E-state index in [2.05, 4.69) is 11.4 Å². The fourth-order valence-electron chi connectivity index (χ4n) is 3.95. The number of thioether (sulfide) groups is 1. The summed E-state index contributed by atoms with van der Waals surface area (Å²) < 4.78 is 0. The summed E-state index contributed by atoms with van der Waals surface area (Å²) in [6.45, 7) is 0. The van der Waals surface area contributed by atoms with E-state index in [1.54, 1.807) is 36.4 Å². The Bertz CT molecular complexity index is 1180. The van der Waals surface area contributed by atoms with E-state index in [-0.39, 0.29) is 17.4 Å². The third kappa shape index (κ3) is 5.88. The van der Waals surface area contributed by atoms with Crippen LogP contribution < -0.4 is 5.32 Å². The summed E-state index contributed by atoms with van der Waals surface area (Å²) in [4.78, 5) is 29.8. The van der Waals surface area contributed by atoms with Crippen molar-refractivity contribution in [3.05, 3.63) is 88.6 Å². The Morgan fingerprint density at radius 3 is 2.36 bits per heavy atom. The number of rotatable bonds is 6. The molecule has 6 heteroatoms. The van der Waals surface area contributed by atoms with Gasteiger partial charge in [0, 0.05) is 22.5 Å². The summed E-state index contributed by atoms with van der Waals surface area (Å²) in [5, 5.41) is 13.0. The van der Waals surface area contributed by atoms with Crippen molar-refractivity contribution >= 4 is 29.1 Å². The van der Waals surface area contributed by atoms with Crippen LogP contribution in [0.25, 0.3) is 0 Å². The lowest BCUT2D eigenvalue weighted by Crippen LogP contribution is -2.15. The molecule has 0 radical (unpaired) electrons. The molecule has 1 aromatic heterocycles. The lowest BCUT2D eigenvalue weighted by molar-refractivity contribution is -0.113. The Balaban J connectivity index is 1.38. The summed E-state index contributed by atoms with van der Waals surface area (Å²) in [5.74, 6) is -0.0804. The number of pyridine rings is 1. The lowest BCUT2D eigenvalue weighted by atomic mass is 9.96. The van der Waals surface area contributed by atoms with Crippen LogP contribution in [0.2, 0.25) is 0 Å². The molecule has 2 aromatic carbocycles. The summed E-state index contributed by atoms with van der Waals surface area (Å²) in [5.41, 5.74) is 4.59. The summed E-state index contributed by atoms with van der Waals surface area (Å²) >= 11 is 1.29. The number of nitrogens with zero attached hydrogens (tertiary/aromatic N) is 2. The molecular weight excluding hydrogens is 430 g/mol. The van der Waals surface area contributed by atoms with Crippen molar-refractivity contribution in [2.75, 3.05) is 11.1 Å². The molecule has 33 heavy (non-hydrogen) atoms. The molecule has 0 unspecified atom stereocenters. The standard InChI is InChI=1S/C27H25N3O2S/c28-17-22-16-21-10-4-1-2-7-11-24(21)30-27(22)33-18-25(31)29-23-14-12-20(13-15-23)26(32)19-8-5-3-6-9-19/h3,5-6,8-9,12-16H,1-2,4,7,10-11,18H2,(H,29,31). The van der Waals surface area contributed by atoms with Crippen LogP contribution in [0.4, 0.5) is 5.69 Å². The van der Waals surface area contributed by atoms with Crippen molar-refractivity contribution in [2.45, 2.75) is 43.6 Å². The molecule has 0 fully saturated rings. The molecule has 166 valence electrons. The molecule has 1 heterocycles. The normalized spacial score (nSPS) is 13.2. The summed E-state index contributed by atoms with van der Waals surface area (Å²) in [7, 11) is 0. The minimum Gasteiger partial charge on any atom is -0.325 e. The molecule has 1 aliphatic carbocycles. The third-order valence-corrected chi connectivity index (χ3v) is 6.68. The molecular formula is C27H25N3O2S. The first-order valence-corrected chi connectivity index (χ1v) is 12.2. The maximum absolute atomic E-state index is 12.5.